The molecule has 2 aromatic carbocycles. The summed E-state index contributed by atoms with van der Waals surface area (Å²) in [6.07, 6.45) is 6.96. The van der Waals surface area contributed by atoms with Crippen molar-refractivity contribution in [2.45, 2.75) is 26.4 Å². The molecule has 2 aromatic heterocycles. The van der Waals surface area contributed by atoms with Gasteiger partial charge in [0.25, 0.3) is 0 Å². The second kappa shape index (κ2) is 12.8. The monoisotopic (exact) mass is 508 g/mol. The van der Waals surface area contributed by atoms with Crippen LogP contribution in [-0.2, 0) is 4.74 Å². The second-order valence-electron chi connectivity index (χ2n) is 9.22. The molecule has 4 aromatic rings. The molecule has 0 aliphatic rings. The van der Waals surface area contributed by atoms with Crippen LogP contribution in [0.3, 0.4) is 0 Å². The molecule has 194 valence electrons. The van der Waals surface area contributed by atoms with Gasteiger partial charge in [-0.1, -0.05) is 56.8 Å². The number of nitrogens with zero attached hydrogens (tertiary/aromatic N) is 2. The molecule has 0 aliphatic carbocycles. The number of fused-ring (bicyclic) bond motifs is 1. The van der Waals surface area contributed by atoms with E-state index in [9.17, 15) is 4.79 Å². The molecule has 0 fully saturated rings. The van der Waals surface area contributed by atoms with Crippen LogP contribution in [0.4, 0.5) is 0 Å². The molecule has 2 heterocycles. The van der Waals surface area contributed by atoms with E-state index in [1.54, 1.807) is 24.5 Å². The summed E-state index contributed by atoms with van der Waals surface area (Å²) in [5.74, 6) is 0.421. The van der Waals surface area contributed by atoms with Gasteiger partial charge in [-0.3, -0.25) is 9.97 Å². The molecular formula is C32H32N2O4. The van der Waals surface area contributed by atoms with Crippen molar-refractivity contribution in [3.8, 4) is 5.75 Å². The highest BCUT2D eigenvalue weighted by molar-refractivity contribution is 5.89. The van der Waals surface area contributed by atoms with Gasteiger partial charge in [0.15, 0.2) is 0 Å². The summed E-state index contributed by atoms with van der Waals surface area (Å²) < 4.78 is 11.5. The van der Waals surface area contributed by atoms with Crippen molar-refractivity contribution in [2.75, 3.05) is 13.2 Å². The molecule has 0 aliphatic heterocycles. The van der Waals surface area contributed by atoms with Gasteiger partial charge in [-0.05, 0) is 59.0 Å². The summed E-state index contributed by atoms with van der Waals surface area (Å²) in [6, 6.07) is 20.8. The Kier molecular flexibility index (Phi) is 9.01. The fourth-order valence-electron chi connectivity index (χ4n) is 4.07. The van der Waals surface area contributed by atoms with Gasteiger partial charge in [-0.25, -0.2) is 4.79 Å². The number of carbonyl (C=O) groups is 1. The Labute approximate surface area is 223 Å². The number of hydrogen-bond acceptors (Lipinski definition) is 6. The Hall–Kier alpha value is -4.29. The van der Waals surface area contributed by atoms with Crippen molar-refractivity contribution in [3.05, 3.63) is 120 Å². The van der Waals surface area contributed by atoms with E-state index >= 15 is 0 Å². The van der Waals surface area contributed by atoms with Crippen molar-refractivity contribution in [1.29, 1.82) is 0 Å². The summed E-state index contributed by atoms with van der Waals surface area (Å²) in [5.41, 5.74) is 5.11. The number of pyridine rings is 2. The highest BCUT2D eigenvalue weighted by Crippen LogP contribution is 2.32. The summed E-state index contributed by atoms with van der Waals surface area (Å²) in [4.78, 5) is 21.6. The molecule has 0 saturated heterocycles. The normalized spacial score (nSPS) is 12.4. The van der Waals surface area contributed by atoms with Gasteiger partial charge >= 0.3 is 5.97 Å². The number of ether oxygens (including phenoxy) is 2. The Morgan fingerprint density at radius 3 is 2.47 bits per heavy atom. The van der Waals surface area contributed by atoms with Gasteiger partial charge in [0.05, 0.1) is 17.7 Å². The Morgan fingerprint density at radius 1 is 1.03 bits per heavy atom. The number of rotatable bonds is 11. The molecule has 6 heteroatoms. The molecule has 0 spiro atoms. The van der Waals surface area contributed by atoms with Crippen LogP contribution < -0.4 is 4.74 Å². The molecule has 0 bridgehead atoms. The quantitative estimate of drug-likeness (QED) is 0.182. The molecule has 0 saturated carbocycles. The number of hydrogen-bond donors (Lipinski definition) is 1. The minimum Gasteiger partial charge on any atom is -0.491 e. The summed E-state index contributed by atoms with van der Waals surface area (Å²) in [7, 11) is 0. The van der Waals surface area contributed by atoms with Crippen molar-refractivity contribution in [3.63, 3.8) is 0 Å². The maximum absolute atomic E-state index is 13.0. The predicted molar refractivity (Wildman–Crippen MR) is 150 cm³/mol. The average molecular weight is 509 g/mol. The molecule has 38 heavy (non-hydrogen) atoms. The zero-order valence-corrected chi connectivity index (χ0v) is 21.7. The summed E-state index contributed by atoms with van der Waals surface area (Å²) in [6.45, 7) is 8.72. The van der Waals surface area contributed by atoms with Crippen LogP contribution in [0.5, 0.6) is 5.75 Å². The lowest BCUT2D eigenvalue weighted by Crippen LogP contribution is -2.12. The fourth-order valence-corrected chi connectivity index (χ4v) is 4.07. The minimum absolute atomic E-state index is 0.0646. The molecule has 1 atom stereocenters. The van der Waals surface area contributed by atoms with Crippen molar-refractivity contribution >= 4 is 22.4 Å². The number of aliphatic hydroxyl groups is 1. The van der Waals surface area contributed by atoms with Crippen LogP contribution in [0.1, 0.15) is 47.9 Å². The number of carbonyl (C=O) groups excluding carboxylic acids is 1. The van der Waals surface area contributed by atoms with Gasteiger partial charge in [-0.2, -0.15) is 0 Å². The third-order valence-corrected chi connectivity index (χ3v) is 6.26. The van der Waals surface area contributed by atoms with E-state index in [0.717, 1.165) is 33.2 Å². The van der Waals surface area contributed by atoms with Crippen molar-refractivity contribution in [1.82, 2.24) is 9.97 Å². The average Bonchev–Trinajstić information content (AvgIpc) is 2.96. The van der Waals surface area contributed by atoms with Crippen LogP contribution in [0.25, 0.3) is 16.5 Å². The molecule has 1 N–H and O–H groups in total. The second-order valence-corrected chi connectivity index (χ2v) is 9.22. The number of benzene rings is 2. The lowest BCUT2D eigenvalue weighted by Gasteiger charge is -2.20. The van der Waals surface area contributed by atoms with Crippen molar-refractivity contribution < 1.29 is 19.4 Å². The SMILES string of the molecule is C=C(/C(=C/C[C@H](OC(=O)c1ccncc1)c1ccc(OCCO)cc1)c1cnc2ccccc2c1)C(C)C. The number of aliphatic hydroxyl groups excluding tert-OH is 1. The molecule has 0 amide bonds. The van der Waals surface area contributed by atoms with E-state index < -0.39 is 12.1 Å². The smallest absolute Gasteiger partial charge is 0.338 e. The van der Waals surface area contributed by atoms with Crippen molar-refractivity contribution in [2.24, 2.45) is 5.92 Å². The Bertz CT molecular complexity index is 1410. The molecule has 6 nitrogen and oxygen atoms in total. The first kappa shape index (κ1) is 26.8. The van der Waals surface area contributed by atoms with Crippen LogP contribution in [0.15, 0.2) is 104 Å². The third kappa shape index (κ3) is 6.72. The van der Waals surface area contributed by atoms with Crippen LogP contribution in [0.2, 0.25) is 0 Å². The molecule has 4 rings (SSSR count). The van der Waals surface area contributed by atoms with Gasteiger partial charge in [0.2, 0.25) is 0 Å². The zero-order chi connectivity index (χ0) is 26.9. The summed E-state index contributed by atoms with van der Waals surface area (Å²) >= 11 is 0. The van der Waals surface area contributed by atoms with E-state index in [-0.39, 0.29) is 19.1 Å². The van der Waals surface area contributed by atoms with E-state index in [2.05, 4.69) is 42.5 Å². The maximum Gasteiger partial charge on any atom is 0.338 e. The standard InChI is InChI=1S/C32H32N2O4/c1-22(2)23(3)29(27-20-26-6-4-5-7-30(26)34-21-27)12-13-31(38-32(36)25-14-16-33-17-15-25)24-8-10-28(11-9-24)37-19-18-35/h4-12,14-17,20-22,31,35H,3,13,18-19H2,1-2H3/b29-12-/t31-/m0/s1. The number of para-hydroxylation sites is 1. The largest absolute Gasteiger partial charge is 0.491 e. The lowest BCUT2D eigenvalue weighted by molar-refractivity contribution is 0.0303. The molecule has 0 radical (unpaired) electrons. The van der Waals surface area contributed by atoms with Gasteiger partial charge in [-0.15, -0.1) is 0 Å². The Morgan fingerprint density at radius 2 is 1.76 bits per heavy atom. The molecular weight excluding hydrogens is 476 g/mol. The topological polar surface area (TPSA) is 81.5 Å². The Balaban J connectivity index is 1.68. The maximum atomic E-state index is 13.0. The van der Waals surface area contributed by atoms with Crippen LogP contribution in [0, 0.1) is 5.92 Å². The van der Waals surface area contributed by atoms with Crippen LogP contribution in [-0.4, -0.2) is 34.3 Å². The van der Waals surface area contributed by atoms with Gasteiger partial charge < -0.3 is 14.6 Å². The predicted octanol–water partition coefficient (Wildman–Crippen LogP) is 6.58. The molecule has 0 unspecified atom stereocenters. The minimum atomic E-state index is -0.550. The van der Waals surface area contributed by atoms with E-state index in [0.29, 0.717) is 17.7 Å². The first-order valence-electron chi connectivity index (χ1n) is 12.7. The zero-order valence-electron chi connectivity index (χ0n) is 21.7. The van der Waals surface area contributed by atoms with Gasteiger partial charge in [0, 0.05) is 36.0 Å². The van der Waals surface area contributed by atoms with Crippen LogP contribution >= 0.6 is 0 Å². The highest BCUT2D eigenvalue weighted by atomic mass is 16.5. The highest BCUT2D eigenvalue weighted by Gasteiger charge is 2.19. The first-order chi connectivity index (χ1) is 18.5. The lowest BCUT2D eigenvalue weighted by atomic mass is 9.90. The number of allylic oxidation sites excluding steroid dienone is 2. The third-order valence-electron chi connectivity index (χ3n) is 6.26. The van der Waals surface area contributed by atoms with E-state index in [1.165, 1.54) is 0 Å². The van der Waals surface area contributed by atoms with E-state index in [1.807, 2.05) is 54.7 Å². The number of aromatic nitrogens is 2. The number of esters is 1. The summed E-state index contributed by atoms with van der Waals surface area (Å²) in [5, 5.41) is 10.1. The first-order valence-corrected chi connectivity index (χ1v) is 12.7. The fraction of sp³-hybridized carbons (Fsp3) is 0.219. The van der Waals surface area contributed by atoms with E-state index in [4.69, 9.17) is 14.6 Å². The van der Waals surface area contributed by atoms with Gasteiger partial charge in [0.1, 0.15) is 18.5 Å².